The van der Waals surface area contributed by atoms with Gasteiger partial charge in [0.1, 0.15) is 0 Å². The molecule has 0 bridgehead atoms. The normalized spacial score (nSPS) is 21.0. The first-order valence-corrected chi connectivity index (χ1v) is 10.6. The van der Waals surface area contributed by atoms with Crippen molar-refractivity contribution in [3.8, 4) is 0 Å². The number of aliphatic imine (C=N–C) groups is 1. The number of thioether (sulfide) groups is 1. The molecule has 3 aromatic carbocycles. The molecule has 4 heteroatoms. The summed E-state index contributed by atoms with van der Waals surface area (Å²) in [5.41, 5.74) is 3.77. The number of aliphatic hydroxyl groups is 1. The molecule has 1 aliphatic rings. The maximum atomic E-state index is 11.7. The third-order valence-electron chi connectivity index (χ3n) is 4.93. The SMILES string of the molecule is CC(/C=C1/SC[C@@](O)(c2ccccc2)N1c1ccccc1)=Nc1ccc(C)cc1. The summed E-state index contributed by atoms with van der Waals surface area (Å²) in [5.74, 6) is 0.551. The number of aryl methyl sites for hydroxylation is 1. The van der Waals surface area contributed by atoms with Gasteiger partial charge in [-0.1, -0.05) is 66.2 Å². The Hall–Kier alpha value is -2.82. The first kappa shape index (κ1) is 19.5. The fourth-order valence-corrected chi connectivity index (χ4v) is 4.75. The average Bonchev–Trinajstić information content (AvgIpc) is 3.08. The topological polar surface area (TPSA) is 35.8 Å². The molecule has 1 N–H and O–H groups in total. The molecule has 1 saturated heterocycles. The van der Waals surface area contributed by atoms with Crippen LogP contribution in [0.5, 0.6) is 0 Å². The van der Waals surface area contributed by atoms with Crippen molar-refractivity contribution in [2.24, 2.45) is 4.99 Å². The molecule has 0 aromatic heterocycles. The highest BCUT2D eigenvalue weighted by Crippen LogP contribution is 2.47. The molecular formula is C25H24N2OS. The van der Waals surface area contributed by atoms with Crippen molar-refractivity contribution in [2.45, 2.75) is 19.6 Å². The Morgan fingerprint density at radius 1 is 0.966 bits per heavy atom. The number of nitrogens with zero attached hydrogens (tertiary/aromatic N) is 2. The molecule has 1 fully saturated rings. The van der Waals surface area contributed by atoms with E-state index in [2.05, 4.69) is 25.1 Å². The molecule has 0 saturated carbocycles. The van der Waals surface area contributed by atoms with Gasteiger partial charge in [0.2, 0.25) is 0 Å². The smallest absolute Gasteiger partial charge is 0.178 e. The lowest BCUT2D eigenvalue weighted by Gasteiger charge is -2.35. The molecule has 0 aliphatic carbocycles. The van der Waals surface area contributed by atoms with Crippen LogP contribution in [0, 0.1) is 6.92 Å². The third kappa shape index (κ3) is 4.14. The summed E-state index contributed by atoms with van der Waals surface area (Å²) in [6, 6.07) is 28.1. The van der Waals surface area contributed by atoms with E-state index in [-0.39, 0.29) is 0 Å². The Balaban J connectivity index is 1.74. The van der Waals surface area contributed by atoms with E-state index >= 15 is 0 Å². The fraction of sp³-hybridized carbons (Fsp3) is 0.160. The first-order chi connectivity index (χ1) is 14.1. The summed E-state index contributed by atoms with van der Waals surface area (Å²) < 4.78 is 0. The molecule has 1 atom stereocenters. The summed E-state index contributed by atoms with van der Waals surface area (Å²) in [6.45, 7) is 4.07. The van der Waals surface area contributed by atoms with Gasteiger partial charge in [0, 0.05) is 17.0 Å². The van der Waals surface area contributed by atoms with Crippen LogP contribution in [0.2, 0.25) is 0 Å². The highest BCUT2D eigenvalue weighted by atomic mass is 32.2. The van der Waals surface area contributed by atoms with Crippen LogP contribution >= 0.6 is 11.8 Å². The van der Waals surface area contributed by atoms with Gasteiger partial charge >= 0.3 is 0 Å². The van der Waals surface area contributed by atoms with E-state index in [0.29, 0.717) is 5.75 Å². The van der Waals surface area contributed by atoms with Gasteiger partial charge in [-0.3, -0.25) is 4.99 Å². The number of benzene rings is 3. The van der Waals surface area contributed by atoms with E-state index < -0.39 is 5.72 Å². The quantitative estimate of drug-likeness (QED) is 0.543. The zero-order valence-corrected chi connectivity index (χ0v) is 17.4. The Bertz CT molecular complexity index is 1030. The van der Waals surface area contributed by atoms with E-state index in [0.717, 1.165) is 27.7 Å². The van der Waals surface area contributed by atoms with Crippen molar-refractivity contribution in [1.82, 2.24) is 0 Å². The van der Waals surface area contributed by atoms with Crippen molar-refractivity contribution < 1.29 is 5.11 Å². The summed E-state index contributed by atoms with van der Waals surface area (Å²) in [5, 5.41) is 12.7. The van der Waals surface area contributed by atoms with Crippen LogP contribution in [-0.2, 0) is 5.72 Å². The van der Waals surface area contributed by atoms with Gasteiger partial charge in [-0.15, -0.1) is 11.8 Å². The average molecular weight is 401 g/mol. The van der Waals surface area contributed by atoms with Crippen LogP contribution in [0.15, 0.2) is 101 Å². The molecule has 0 spiro atoms. The Labute approximate surface area is 176 Å². The van der Waals surface area contributed by atoms with Crippen LogP contribution in [0.3, 0.4) is 0 Å². The van der Waals surface area contributed by atoms with Crippen molar-refractivity contribution in [1.29, 1.82) is 0 Å². The maximum absolute atomic E-state index is 11.7. The molecule has 146 valence electrons. The monoisotopic (exact) mass is 400 g/mol. The van der Waals surface area contributed by atoms with Gasteiger partial charge in [-0.25, -0.2) is 0 Å². The lowest BCUT2D eigenvalue weighted by atomic mass is 10.0. The minimum Gasteiger partial charge on any atom is -0.366 e. The second-order valence-electron chi connectivity index (χ2n) is 7.21. The summed E-state index contributed by atoms with van der Waals surface area (Å²) in [7, 11) is 0. The highest BCUT2D eigenvalue weighted by Gasteiger charge is 2.44. The lowest BCUT2D eigenvalue weighted by Crippen LogP contribution is -2.42. The molecule has 29 heavy (non-hydrogen) atoms. The van der Waals surface area contributed by atoms with Gasteiger partial charge in [-0.05, 0) is 44.2 Å². The van der Waals surface area contributed by atoms with Crippen molar-refractivity contribution in [3.05, 3.63) is 107 Å². The van der Waals surface area contributed by atoms with E-state index in [9.17, 15) is 5.11 Å². The predicted molar refractivity (Wildman–Crippen MR) is 124 cm³/mol. The van der Waals surface area contributed by atoms with Crippen molar-refractivity contribution in [3.63, 3.8) is 0 Å². The van der Waals surface area contributed by atoms with Crippen LogP contribution in [0.1, 0.15) is 18.1 Å². The van der Waals surface area contributed by atoms with E-state index in [1.165, 1.54) is 5.56 Å². The number of hydrogen-bond donors (Lipinski definition) is 1. The molecular weight excluding hydrogens is 376 g/mol. The lowest BCUT2D eigenvalue weighted by molar-refractivity contribution is 0.0721. The highest BCUT2D eigenvalue weighted by molar-refractivity contribution is 8.03. The molecule has 0 radical (unpaired) electrons. The minimum absolute atomic E-state index is 0.551. The predicted octanol–water partition coefficient (Wildman–Crippen LogP) is 6.03. The van der Waals surface area contributed by atoms with Gasteiger partial charge in [0.05, 0.1) is 16.5 Å². The van der Waals surface area contributed by atoms with Crippen LogP contribution in [0.25, 0.3) is 0 Å². The first-order valence-electron chi connectivity index (χ1n) is 9.66. The molecule has 0 amide bonds. The zero-order chi connectivity index (χ0) is 20.3. The van der Waals surface area contributed by atoms with Crippen molar-refractivity contribution in [2.75, 3.05) is 10.7 Å². The Kier molecular flexibility index (Phi) is 5.56. The second kappa shape index (κ2) is 8.27. The largest absolute Gasteiger partial charge is 0.366 e. The number of hydrogen-bond acceptors (Lipinski definition) is 4. The van der Waals surface area contributed by atoms with Crippen LogP contribution < -0.4 is 4.90 Å². The number of rotatable bonds is 4. The third-order valence-corrected chi connectivity index (χ3v) is 6.08. The van der Waals surface area contributed by atoms with Gasteiger partial charge < -0.3 is 10.0 Å². The standard InChI is InChI=1S/C25H24N2OS/c1-19-13-15-22(16-14-19)26-20(2)17-24-27(23-11-7-4-8-12-23)25(28,18-29-24)21-9-5-3-6-10-21/h3-17,28H,18H2,1-2H3/b24-17+,26-20?/t25-/m1/s1. The molecule has 4 rings (SSSR count). The van der Waals surface area contributed by atoms with E-state index in [4.69, 9.17) is 4.99 Å². The maximum Gasteiger partial charge on any atom is 0.178 e. The number of allylic oxidation sites excluding steroid dienone is 1. The molecule has 1 aliphatic heterocycles. The second-order valence-corrected chi connectivity index (χ2v) is 8.21. The Morgan fingerprint density at radius 2 is 1.59 bits per heavy atom. The van der Waals surface area contributed by atoms with E-state index in [1.54, 1.807) is 11.8 Å². The fourth-order valence-electron chi connectivity index (χ4n) is 3.46. The van der Waals surface area contributed by atoms with Gasteiger partial charge in [0.15, 0.2) is 5.72 Å². The Morgan fingerprint density at radius 3 is 2.24 bits per heavy atom. The summed E-state index contributed by atoms with van der Waals surface area (Å²) >= 11 is 1.64. The molecule has 3 nitrogen and oxygen atoms in total. The van der Waals surface area contributed by atoms with Crippen LogP contribution in [0.4, 0.5) is 11.4 Å². The molecule has 3 aromatic rings. The number of anilines is 1. The summed E-state index contributed by atoms with van der Waals surface area (Å²) in [4.78, 5) is 6.75. The molecule has 1 heterocycles. The number of para-hydroxylation sites is 1. The van der Waals surface area contributed by atoms with Crippen molar-refractivity contribution >= 4 is 28.8 Å². The molecule has 0 unspecified atom stereocenters. The van der Waals surface area contributed by atoms with Crippen LogP contribution in [-0.4, -0.2) is 16.6 Å². The van der Waals surface area contributed by atoms with Gasteiger partial charge in [-0.2, -0.15) is 0 Å². The van der Waals surface area contributed by atoms with Gasteiger partial charge in [0.25, 0.3) is 0 Å². The van der Waals surface area contributed by atoms with E-state index in [1.807, 2.05) is 84.6 Å². The zero-order valence-electron chi connectivity index (χ0n) is 16.6. The summed E-state index contributed by atoms with van der Waals surface area (Å²) in [6.07, 6.45) is 2.05. The minimum atomic E-state index is -1.11.